The Balaban J connectivity index is 1.62. The molecule has 0 aliphatic heterocycles. The second-order valence-corrected chi connectivity index (χ2v) is 9.42. The number of halogens is 1. The monoisotopic (exact) mass is 488 g/mol. The second kappa shape index (κ2) is 9.32. The van der Waals surface area contributed by atoms with Gasteiger partial charge in [-0.25, -0.2) is 8.42 Å². The summed E-state index contributed by atoms with van der Waals surface area (Å²) < 4.78 is 33.1. The Bertz CT molecular complexity index is 1130. The Kier molecular flexibility index (Phi) is 6.79. The Labute approximate surface area is 184 Å². The number of aryl methyl sites for hydroxylation is 1. The van der Waals surface area contributed by atoms with Gasteiger partial charge < -0.3 is 10.1 Å². The molecule has 0 atom stereocenters. The third-order valence-electron chi connectivity index (χ3n) is 4.40. The van der Waals surface area contributed by atoms with Gasteiger partial charge in [-0.15, -0.1) is 0 Å². The highest BCUT2D eigenvalue weighted by Crippen LogP contribution is 2.25. The van der Waals surface area contributed by atoms with Crippen molar-refractivity contribution in [3.05, 3.63) is 82.8 Å². The number of hydrogen-bond acceptors (Lipinski definition) is 4. The maximum absolute atomic E-state index is 12.8. The number of rotatable bonds is 7. The summed E-state index contributed by atoms with van der Waals surface area (Å²) in [7, 11) is -2.17. The van der Waals surface area contributed by atoms with E-state index in [1.807, 2.05) is 25.1 Å². The van der Waals surface area contributed by atoms with Gasteiger partial charge in [0.25, 0.3) is 15.9 Å². The Morgan fingerprint density at radius 1 is 1.00 bits per heavy atom. The molecule has 30 heavy (non-hydrogen) atoms. The maximum atomic E-state index is 12.8. The lowest BCUT2D eigenvalue weighted by atomic mass is 10.2. The van der Waals surface area contributed by atoms with Crippen LogP contribution >= 0.6 is 15.9 Å². The summed E-state index contributed by atoms with van der Waals surface area (Å²) in [6.07, 6.45) is 0. The van der Waals surface area contributed by atoms with Gasteiger partial charge in [-0.1, -0.05) is 29.8 Å². The number of anilines is 2. The molecule has 6 nitrogen and oxygen atoms in total. The van der Waals surface area contributed by atoms with Crippen LogP contribution in [0.25, 0.3) is 0 Å². The summed E-state index contributed by atoms with van der Waals surface area (Å²) in [6, 6.07) is 20.5. The molecule has 1 amide bonds. The molecule has 3 aromatic rings. The van der Waals surface area contributed by atoms with Crippen molar-refractivity contribution in [3.8, 4) is 5.75 Å². The minimum atomic E-state index is -3.66. The molecule has 1 N–H and O–H groups in total. The predicted molar refractivity (Wildman–Crippen MR) is 121 cm³/mol. The Morgan fingerprint density at radius 2 is 1.63 bits per heavy atom. The average Bonchev–Trinajstić information content (AvgIpc) is 2.74. The van der Waals surface area contributed by atoms with Gasteiger partial charge in [0.2, 0.25) is 0 Å². The van der Waals surface area contributed by atoms with Crippen molar-refractivity contribution >= 4 is 43.2 Å². The van der Waals surface area contributed by atoms with Crippen molar-refractivity contribution in [2.75, 3.05) is 23.3 Å². The number of amides is 1. The molecule has 0 saturated heterocycles. The molecule has 3 rings (SSSR count). The predicted octanol–water partition coefficient (Wildman–Crippen LogP) is 4.60. The van der Waals surface area contributed by atoms with E-state index >= 15 is 0 Å². The molecule has 0 aliphatic carbocycles. The maximum Gasteiger partial charge on any atom is 0.264 e. The minimum absolute atomic E-state index is 0.168. The van der Waals surface area contributed by atoms with Gasteiger partial charge >= 0.3 is 0 Å². The number of benzene rings is 3. The van der Waals surface area contributed by atoms with Crippen LogP contribution in [0, 0.1) is 6.92 Å². The zero-order valence-corrected chi connectivity index (χ0v) is 18.9. The highest BCUT2D eigenvalue weighted by molar-refractivity contribution is 9.10. The van der Waals surface area contributed by atoms with Crippen LogP contribution in [0.4, 0.5) is 11.4 Å². The lowest BCUT2D eigenvalue weighted by Gasteiger charge is -2.20. The van der Waals surface area contributed by atoms with E-state index in [0.29, 0.717) is 17.1 Å². The molecule has 0 fully saturated rings. The number of sulfonamides is 1. The molecular weight excluding hydrogens is 468 g/mol. The van der Waals surface area contributed by atoms with Crippen LogP contribution in [-0.2, 0) is 14.8 Å². The van der Waals surface area contributed by atoms with Gasteiger partial charge in [0.1, 0.15) is 5.75 Å². The Hall–Kier alpha value is -2.84. The van der Waals surface area contributed by atoms with Gasteiger partial charge in [0, 0.05) is 11.5 Å². The third kappa shape index (κ3) is 5.20. The van der Waals surface area contributed by atoms with Crippen molar-refractivity contribution in [2.45, 2.75) is 11.8 Å². The fourth-order valence-electron chi connectivity index (χ4n) is 2.66. The fraction of sp³-hybridized carbons (Fsp3) is 0.136. The first kappa shape index (κ1) is 21.9. The summed E-state index contributed by atoms with van der Waals surface area (Å²) >= 11 is 3.37. The molecule has 0 unspecified atom stereocenters. The topological polar surface area (TPSA) is 75.7 Å². The highest BCUT2D eigenvalue weighted by Gasteiger charge is 2.21. The van der Waals surface area contributed by atoms with E-state index in [1.165, 1.54) is 11.4 Å². The number of carbonyl (C=O) groups excluding carboxylic acids is 1. The van der Waals surface area contributed by atoms with Gasteiger partial charge in [0.05, 0.1) is 16.3 Å². The summed E-state index contributed by atoms with van der Waals surface area (Å²) in [6.45, 7) is 1.73. The van der Waals surface area contributed by atoms with Gasteiger partial charge in [-0.2, -0.15) is 0 Å². The van der Waals surface area contributed by atoms with Crippen LogP contribution in [0.2, 0.25) is 0 Å². The molecule has 8 heteroatoms. The normalized spacial score (nSPS) is 11.0. The van der Waals surface area contributed by atoms with Crippen molar-refractivity contribution in [3.63, 3.8) is 0 Å². The molecule has 0 spiro atoms. The standard InChI is InChI=1S/C22H21BrN2O4S/c1-16-7-13-19(14-8-16)30(27,28)25(2)17-9-11-18(12-10-17)29-15-22(26)24-21-6-4-3-5-20(21)23/h3-14H,15H2,1-2H3,(H,24,26). The zero-order chi connectivity index (χ0) is 21.7. The number of hydrogen-bond donors (Lipinski definition) is 1. The van der Waals surface area contributed by atoms with Crippen molar-refractivity contribution in [1.82, 2.24) is 0 Å². The molecule has 3 aromatic carbocycles. The molecule has 0 aliphatic rings. The van der Waals surface area contributed by atoms with Crippen molar-refractivity contribution in [1.29, 1.82) is 0 Å². The number of para-hydroxylation sites is 1. The number of ether oxygens (including phenoxy) is 1. The molecule has 0 saturated carbocycles. The first-order valence-electron chi connectivity index (χ1n) is 9.10. The quantitative estimate of drug-likeness (QED) is 0.527. The summed E-state index contributed by atoms with van der Waals surface area (Å²) in [5, 5.41) is 2.75. The van der Waals surface area contributed by atoms with Crippen molar-refractivity contribution in [2.24, 2.45) is 0 Å². The molecular formula is C22H21BrN2O4S. The van der Waals surface area contributed by atoms with E-state index in [4.69, 9.17) is 4.74 Å². The van der Waals surface area contributed by atoms with E-state index in [2.05, 4.69) is 21.2 Å². The molecule has 0 aromatic heterocycles. The number of nitrogens with zero attached hydrogens (tertiary/aromatic N) is 1. The first-order chi connectivity index (χ1) is 14.3. The average molecular weight is 489 g/mol. The second-order valence-electron chi connectivity index (χ2n) is 6.60. The highest BCUT2D eigenvalue weighted by atomic mass is 79.9. The summed E-state index contributed by atoms with van der Waals surface area (Å²) in [5.41, 5.74) is 2.13. The third-order valence-corrected chi connectivity index (χ3v) is 6.89. The molecule has 0 radical (unpaired) electrons. The fourth-order valence-corrected chi connectivity index (χ4v) is 4.24. The van der Waals surface area contributed by atoms with Gasteiger partial charge in [0.15, 0.2) is 6.61 Å². The van der Waals surface area contributed by atoms with Crippen LogP contribution in [0.15, 0.2) is 82.2 Å². The number of nitrogens with one attached hydrogen (secondary N) is 1. The van der Waals surface area contributed by atoms with Crippen LogP contribution in [0.3, 0.4) is 0 Å². The summed E-state index contributed by atoms with van der Waals surface area (Å²) in [4.78, 5) is 12.3. The van der Waals surface area contributed by atoms with Crippen LogP contribution in [0.1, 0.15) is 5.56 Å². The van der Waals surface area contributed by atoms with E-state index in [9.17, 15) is 13.2 Å². The first-order valence-corrected chi connectivity index (χ1v) is 11.3. The lowest BCUT2D eigenvalue weighted by molar-refractivity contribution is -0.118. The summed E-state index contributed by atoms with van der Waals surface area (Å²) in [5.74, 6) is 0.159. The molecule has 0 bridgehead atoms. The van der Waals surface area contributed by atoms with E-state index in [-0.39, 0.29) is 17.4 Å². The van der Waals surface area contributed by atoms with E-state index in [0.717, 1.165) is 10.0 Å². The molecule has 0 heterocycles. The minimum Gasteiger partial charge on any atom is -0.484 e. The van der Waals surface area contributed by atoms with Crippen LogP contribution in [0.5, 0.6) is 5.75 Å². The smallest absolute Gasteiger partial charge is 0.264 e. The van der Waals surface area contributed by atoms with E-state index < -0.39 is 10.0 Å². The lowest BCUT2D eigenvalue weighted by Crippen LogP contribution is -2.26. The van der Waals surface area contributed by atoms with Crippen molar-refractivity contribution < 1.29 is 17.9 Å². The zero-order valence-electron chi connectivity index (χ0n) is 16.5. The van der Waals surface area contributed by atoms with Crippen LogP contribution in [-0.4, -0.2) is 28.0 Å². The Morgan fingerprint density at radius 3 is 2.27 bits per heavy atom. The molecule has 156 valence electrons. The SMILES string of the molecule is Cc1ccc(S(=O)(=O)N(C)c2ccc(OCC(=O)Nc3ccccc3Br)cc2)cc1. The van der Waals surface area contributed by atoms with Gasteiger partial charge in [-0.05, 0) is 71.4 Å². The largest absolute Gasteiger partial charge is 0.484 e. The van der Waals surface area contributed by atoms with Gasteiger partial charge in [-0.3, -0.25) is 9.10 Å². The van der Waals surface area contributed by atoms with Crippen LogP contribution < -0.4 is 14.4 Å². The van der Waals surface area contributed by atoms with E-state index in [1.54, 1.807) is 54.6 Å². The number of carbonyl (C=O) groups is 1.